The molecule has 98 valence electrons. The Bertz CT molecular complexity index is 572. The van der Waals surface area contributed by atoms with Crippen LogP contribution in [0.1, 0.15) is 39.2 Å². The van der Waals surface area contributed by atoms with Crippen molar-refractivity contribution in [3.63, 3.8) is 0 Å². The Kier molecular flexibility index (Phi) is 3.65. The predicted molar refractivity (Wildman–Crippen MR) is 76.5 cm³/mol. The maximum absolute atomic E-state index is 12.1. The molecule has 0 spiro atoms. The number of hydrogen-bond donors (Lipinski definition) is 0. The van der Waals surface area contributed by atoms with Gasteiger partial charge in [-0.2, -0.15) is 0 Å². The van der Waals surface area contributed by atoms with E-state index in [1.807, 2.05) is 35.7 Å². The van der Waals surface area contributed by atoms with Crippen molar-refractivity contribution in [1.82, 2.24) is 0 Å². The standard InChI is InChI=1S/C16H16O2S/c17-16(18-10-12-6-2-1-3-7-12)14-11-19-15-9-5-4-8-13(14)15/h1-3,6-7,11H,4-5,8-10H2. The fourth-order valence-corrected chi connectivity index (χ4v) is 3.58. The van der Waals surface area contributed by atoms with E-state index >= 15 is 0 Å². The van der Waals surface area contributed by atoms with Gasteiger partial charge in [-0.1, -0.05) is 30.3 Å². The van der Waals surface area contributed by atoms with Crippen molar-refractivity contribution < 1.29 is 9.53 Å². The lowest BCUT2D eigenvalue weighted by atomic mass is 9.96. The van der Waals surface area contributed by atoms with Gasteiger partial charge in [-0.3, -0.25) is 0 Å². The Labute approximate surface area is 117 Å². The summed E-state index contributed by atoms with van der Waals surface area (Å²) in [6.07, 6.45) is 4.56. The summed E-state index contributed by atoms with van der Waals surface area (Å²) in [4.78, 5) is 13.5. The largest absolute Gasteiger partial charge is 0.457 e. The zero-order valence-corrected chi connectivity index (χ0v) is 11.5. The molecule has 1 aromatic carbocycles. The van der Waals surface area contributed by atoms with E-state index in [9.17, 15) is 4.79 Å². The van der Waals surface area contributed by atoms with E-state index in [-0.39, 0.29) is 5.97 Å². The fourth-order valence-electron chi connectivity index (χ4n) is 2.47. The molecular weight excluding hydrogens is 256 g/mol. The molecule has 0 radical (unpaired) electrons. The number of ether oxygens (including phenoxy) is 1. The minimum absolute atomic E-state index is 0.178. The van der Waals surface area contributed by atoms with Crippen LogP contribution in [-0.2, 0) is 24.2 Å². The molecule has 0 unspecified atom stereocenters. The van der Waals surface area contributed by atoms with Crippen molar-refractivity contribution >= 4 is 17.3 Å². The van der Waals surface area contributed by atoms with Crippen LogP contribution in [-0.4, -0.2) is 5.97 Å². The molecule has 0 bridgehead atoms. The number of esters is 1. The molecule has 0 aliphatic heterocycles. The number of benzene rings is 1. The Balaban J connectivity index is 1.69. The van der Waals surface area contributed by atoms with Gasteiger partial charge in [0.1, 0.15) is 6.61 Å². The highest BCUT2D eigenvalue weighted by Gasteiger charge is 2.20. The minimum Gasteiger partial charge on any atom is -0.457 e. The van der Waals surface area contributed by atoms with Gasteiger partial charge in [0.05, 0.1) is 5.56 Å². The third kappa shape index (κ3) is 2.71. The van der Waals surface area contributed by atoms with Crippen molar-refractivity contribution in [1.29, 1.82) is 0 Å². The van der Waals surface area contributed by atoms with Gasteiger partial charge in [0.25, 0.3) is 0 Å². The first kappa shape index (κ1) is 12.4. The maximum atomic E-state index is 12.1. The number of fused-ring (bicyclic) bond motifs is 1. The first-order valence-electron chi connectivity index (χ1n) is 6.65. The van der Waals surface area contributed by atoms with Crippen LogP contribution in [0.25, 0.3) is 0 Å². The van der Waals surface area contributed by atoms with Crippen molar-refractivity contribution in [2.75, 3.05) is 0 Å². The second kappa shape index (κ2) is 5.57. The predicted octanol–water partition coefficient (Wildman–Crippen LogP) is 3.98. The van der Waals surface area contributed by atoms with Gasteiger partial charge in [0.2, 0.25) is 0 Å². The van der Waals surface area contributed by atoms with Gasteiger partial charge < -0.3 is 4.74 Å². The number of carbonyl (C=O) groups excluding carboxylic acids is 1. The monoisotopic (exact) mass is 272 g/mol. The molecule has 3 heteroatoms. The lowest BCUT2D eigenvalue weighted by molar-refractivity contribution is 0.0472. The topological polar surface area (TPSA) is 26.3 Å². The summed E-state index contributed by atoms with van der Waals surface area (Å²) < 4.78 is 5.41. The van der Waals surface area contributed by atoms with E-state index in [2.05, 4.69) is 0 Å². The minimum atomic E-state index is -0.178. The molecule has 1 heterocycles. The van der Waals surface area contributed by atoms with Gasteiger partial charge in [0, 0.05) is 10.3 Å². The van der Waals surface area contributed by atoms with Crippen LogP contribution in [0.4, 0.5) is 0 Å². The van der Waals surface area contributed by atoms with Crippen LogP contribution in [0.15, 0.2) is 35.7 Å². The number of thiophene rings is 1. The Hall–Kier alpha value is -1.61. The highest BCUT2D eigenvalue weighted by atomic mass is 32.1. The fraction of sp³-hybridized carbons (Fsp3) is 0.312. The van der Waals surface area contributed by atoms with E-state index in [0.29, 0.717) is 6.61 Å². The Morgan fingerprint density at radius 3 is 2.79 bits per heavy atom. The second-order valence-electron chi connectivity index (χ2n) is 4.82. The average molecular weight is 272 g/mol. The number of aryl methyl sites for hydroxylation is 1. The molecule has 3 rings (SSSR count). The van der Waals surface area contributed by atoms with Crippen LogP contribution < -0.4 is 0 Å². The summed E-state index contributed by atoms with van der Waals surface area (Å²) in [6.45, 7) is 0.351. The van der Waals surface area contributed by atoms with Crippen LogP contribution in [0.2, 0.25) is 0 Å². The molecule has 0 fully saturated rings. The normalized spacial score (nSPS) is 13.9. The quantitative estimate of drug-likeness (QED) is 0.790. The molecule has 19 heavy (non-hydrogen) atoms. The molecule has 0 saturated heterocycles. The summed E-state index contributed by atoms with van der Waals surface area (Å²) in [5.41, 5.74) is 3.05. The first-order valence-corrected chi connectivity index (χ1v) is 7.53. The lowest BCUT2D eigenvalue weighted by Crippen LogP contribution is -2.09. The van der Waals surface area contributed by atoms with Crippen LogP contribution in [0.5, 0.6) is 0 Å². The summed E-state index contributed by atoms with van der Waals surface area (Å²) in [7, 11) is 0. The van der Waals surface area contributed by atoms with Crippen LogP contribution in [0.3, 0.4) is 0 Å². The second-order valence-corrected chi connectivity index (χ2v) is 5.78. The number of rotatable bonds is 3. The van der Waals surface area contributed by atoms with Gasteiger partial charge in [-0.05, 0) is 36.8 Å². The Morgan fingerprint density at radius 1 is 1.16 bits per heavy atom. The van der Waals surface area contributed by atoms with Crippen LogP contribution >= 0.6 is 11.3 Å². The summed E-state index contributed by atoms with van der Waals surface area (Å²) in [5, 5.41) is 1.96. The zero-order chi connectivity index (χ0) is 13.1. The van der Waals surface area contributed by atoms with E-state index in [1.165, 1.54) is 23.3 Å². The van der Waals surface area contributed by atoms with E-state index in [1.54, 1.807) is 11.3 Å². The maximum Gasteiger partial charge on any atom is 0.339 e. The lowest BCUT2D eigenvalue weighted by Gasteiger charge is -2.12. The molecule has 0 amide bonds. The van der Waals surface area contributed by atoms with Crippen molar-refractivity contribution in [3.05, 3.63) is 57.3 Å². The van der Waals surface area contributed by atoms with Crippen LogP contribution in [0, 0.1) is 0 Å². The molecule has 1 aliphatic rings. The van der Waals surface area contributed by atoms with E-state index < -0.39 is 0 Å². The van der Waals surface area contributed by atoms with Gasteiger partial charge in [-0.15, -0.1) is 11.3 Å². The third-order valence-corrected chi connectivity index (χ3v) is 4.58. The Morgan fingerprint density at radius 2 is 1.95 bits per heavy atom. The van der Waals surface area contributed by atoms with Crippen molar-refractivity contribution in [2.24, 2.45) is 0 Å². The molecule has 1 aromatic heterocycles. The molecule has 2 nitrogen and oxygen atoms in total. The van der Waals surface area contributed by atoms with Gasteiger partial charge >= 0.3 is 5.97 Å². The number of carbonyl (C=O) groups is 1. The molecular formula is C16H16O2S. The highest BCUT2D eigenvalue weighted by Crippen LogP contribution is 2.30. The van der Waals surface area contributed by atoms with Crippen molar-refractivity contribution in [3.8, 4) is 0 Å². The first-order chi connectivity index (χ1) is 9.34. The summed E-state index contributed by atoms with van der Waals surface area (Å²) in [6, 6.07) is 9.80. The van der Waals surface area contributed by atoms with E-state index in [4.69, 9.17) is 4.74 Å². The molecule has 0 atom stereocenters. The van der Waals surface area contributed by atoms with Gasteiger partial charge in [0.15, 0.2) is 0 Å². The molecule has 0 saturated carbocycles. The van der Waals surface area contributed by atoms with E-state index in [0.717, 1.165) is 24.0 Å². The SMILES string of the molecule is O=C(OCc1ccccc1)c1csc2c1CCCC2. The number of hydrogen-bond acceptors (Lipinski definition) is 3. The molecule has 0 N–H and O–H groups in total. The molecule has 1 aliphatic carbocycles. The summed E-state index contributed by atoms with van der Waals surface area (Å²) in [5.74, 6) is -0.178. The third-order valence-electron chi connectivity index (χ3n) is 3.49. The summed E-state index contributed by atoms with van der Waals surface area (Å²) >= 11 is 1.70. The highest BCUT2D eigenvalue weighted by molar-refractivity contribution is 7.10. The average Bonchev–Trinajstić information content (AvgIpc) is 2.90. The smallest absolute Gasteiger partial charge is 0.339 e. The zero-order valence-electron chi connectivity index (χ0n) is 10.7. The van der Waals surface area contributed by atoms with Gasteiger partial charge in [-0.25, -0.2) is 4.79 Å². The van der Waals surface area contributed by atoms with Crippen molar-refractivity contribution in [2.45, 2.75) is 32.3 Å². The molecule has 2 aromatic rings.